The van der Waals surface area contributed by atoms with Crippen molar-refractivity contribution >= 4 is 23.5 Å². The van der Waals surface area contributed by atoms with Gasteiger partial charge in [-0.1, -0.05) is 39.5 Å². The van der Waals surface area contributed by atoms with Gasteiger partial charge in [-0.15, -0.1) is 13.2 Å². The van der Waals surface area contributed by atoms with Crippen LogP contribution in [0, 0.1) is 24.7 Å². The molecule has 0 aromatic rings. The van der Waals surface area contributed by atoms with E-state index in [1.165, 1.54) is 13.8 Å². The summed E-state index contributed by atoms with van der Waals surface area (Å²) < 4.78 is 8.87. The van der Waals surface area contributed by atoms with Gasteiger partial charge >= 0.3 is 21.7 Å². The molecule has 0 saturated heterocycles. The molecule has 0 fully saturated rings. The quantitative estimate of drug-likeness (QED) is 0.227. The van der Waals surface area contributed by atoms with Gasteiger partial charge in [0.2, 0.25) is 0 Å². The van der Waals surface area contributed by atoms with E-state index < -0.39 is 11.9 Å². The minimum absolute atomic E-state index is 0. The molecule has 0 aliphatic heterocycles. The van der Waals surface area contributed by atoms with Gasteiger partial charge in [0.15, 0.2) is 11.9 Å². The van der Waals surface area contributed by atoms with E-state index >= 15 is 0 Å². The molecule has 0 amide bonds. The average molecular weight is 452 g/mol. The molecular formula is C20H36O8Ti. The number of hydrogen-bond donors (Lipinski definition) is 0. The predicted octanol–water partition coefficient (Wildman–Crippen LogP) is 0.688. The summed E-state index contributed by atoms with van der Waals surface area (Å²) in [6.07, 6.45) is 1.84. The fourth-order valence-corrected chi connectivity index (χ4v) is 0.700. The van der Waals surface area contributed by atoms with E-state index in [2.05, 4.69) is 9.47 Å². The molecule has 168 valence electrons. The van der Waals surface area contributed by atoms with Crippen LogP contribution in [0.1, 0.15) is 55.4 Å². The number of ketones is 2. The Morgan fingerprint density at radius 2 is 0.931 bits per heavy atom. The van der Waals surface area contributed by atoms with Crippen LogP contribution in [0.15, 0.2) is 0 Å². The fraction of sp³-hybridized carbons (Fsp3) is 0.700. The van der Waals surface area contributed by atoms with Crippen LogP contribution in [0.2, 0.25) is 0 Å². The van der Waals surface area contributed by atoms with E-state index in [9.17, 15) is 29.4 Å². The van der Waals surface area contributed by atoms with Gasteiger partial charge in [0.05, 0.1) is 13.2 Å². The Balaban J connectivity index is -0.0000000907. The molecular weight excluding hydrogens is 416 g/mol. The molecule has 0 aliphatic rings. The summed E-state index contributed by atoms with van der Waals surface area (Å²) in [5.41, 5.74) is 0. The molecule has 29 heavy (non-hydrogen) atoms. The Morgan fingerprint density at radius 3 is 1.03 bits per heavy atom. The van der Waals surface area contributed by atoms with E-state index in [0.717, 1.165) is 12.8 Å². The zero-order chi connectivity index (χ0) is 23.1. The summed E-state index contributed by atoms with van der Waals surface area (Å²) in [5, 5.41) is 19.3. The first-order chi connectivity index (χ1) is 12.9. The predicted molar refractivity (Wildman–Crippen MR) is 103 cm³/mol. The molecule has 0 radical (unpaired) electrons. The second-order valence-corrected chi connectivity index (χ2v) is 6.14. The maximum atomic E-state index is 10.4. The summed E-state index contributed by atoms with van der Waals surface area (Å²) in [4.78, 5) is 41.1. The third kappa shape index (κ3) is 58.4. The molecule has 9 heteroatoms. The average Bonchev–Trinajstić information content (AvgIpc) is 2.55. The van der Waals surface area contributed by atoms with E-state index in [-0.39, 0.29) is 46.5 Å². The van der Waals surface area contributed by atoms with Gasteiger partial charge in [-0.3, -0.25) is 9.59 Å². The third-order valence-electron chi connectivity index (χ3n) is 1.88. The van der Waals surface area contributed by atoms with E-state index in [1.54, 1.807) is 13.8 Å². The van der Waals surface area contributed by atoms with Crippen molar-refractivity contribution in [1.29, 1.82) is 0 Å². The topological polar surface area (TPSA) is 133 Å². The van der Waals surface area contributed by atoms with Crippen molar-refractivity contribution in [3.63, 3.8) is 0 Å². The molecule has 0 saturated carbocycles. The van der Waals surface area contributed by atoms with E-state index in [1.807, 2.05) is 27.7 Å². The summed E-state index contributed by atoms with van der Waals surface area (Å²) in [6.45, 7) is 14.3. The summed E-state index contributed by atoms with van der Waals surface area (Å²) in [5.74, 6) is -1.04. The van der Waals surface area contributed by atoms with Gasteiger partial charge in [-0.25, -0.2) is 12.8 Å². The van der Waals surface area contributed by atoms with Gasteiger partial charge in [-0.05, 0) is 27.7 Å². The second-order valence-electron chi connectivity index (χ2n) is 6.14. The van der Waals surface area contributed by atoms with Crippen LogP contribution in [0.3, 0.4) is 0 Å². The molecule has 0 aromatic carbocycles. The van der Waals surface area contributed by atoms with Crippen LogP contribution < -0.4 is 10.2 Å². The van der Waals surface area contributed by atoms with Crippen molar-refractivity contribution in [3.05, 3.63) is 12.8 Å². The SMILES string of the molecule is CC(C)C[O-].CC(C)C[O-].CCOC(=O)[CH-]C(C)=O.CCOC(=O)[CH-]C(C)=O.[Ti+4]. The number of ether oxygens (including phenoxy) is 2. The Hall–Kier alpha value is -1.35. The normalized spacial score (nSPS) is 8.41. The van der Waals surface area contributed by atoms with Gasteiger partial charge in [0, 0.05) is 11.6 Å². The van der Waals surface area contributed by atoms with Crippen molar-refractivity contribution in [2.24, 2.45) is 11.8 Å². The molecule has 0 unspecified atom stereocenters. The molecule has 8 nitrogen and oxygen atoms in total. The number of carbonyl (C=O) groups is 4. The maximum Gasteiger partial charge on any atom is 4.00 e. The Kier molecular flexibility index (Phi) is 38.1. The van der Waals surface area contributed by atoms with Crippen LogP contribution in [0.25, 0.3) is 0 Å². The molecule has 0 spiro atoms. The van der Waals surface area contributed by atoms with Crippen molar-refractivity contribution in [1.82, 2.24) is 0 Å². The van der Waals surface area contributed by atoms with E-state index in [0.29, 0.717) is 25.0 Å². The molecule has 0 heterocycles. The smallest absolute Gasteiger partial charge is 0.854 e. The second kappa shape index (κ2) is 28.9. The number of carbonyl (C=O) groups excluding carboxylic acids is 4. The first-order valence-electron chi connectivity index (χ1n) is 9.07. The molecule has 0 bridgehead atoms. The minimum atomic E-state index is -0.565. The molecule has 0 aliphatic carbocycles. The van der Waals surface area contributed by atoms with Crippen molar-refractivity contribution in [3.8, 4) is 0 Å². The largest absolute Gasteiger partial charge is 4.00 e. The van der Waals surface area contributed by atoms with E-state index in [4.69, 9.17) is 0 Å². The van der Waals surface area contributed by atoms with Gasteiger partial charge in [0.25, 0.3) is 0 Å². The number of rotatable bonds is 8. The first kappa shape index (κ1) is 38.3. The Morgan fingerprint density at radius 1 is 0.724 bits per heavy atom. The van der Waals surface area contributed by atoms with Crippen LogP contribution in [-0.4, -0.2) is 49.9 Å². The molecule has 0 atom stereocenters. The van der Waals surface area contributed by atoms with Crippen LogP contribution in [0.5, 0.6) is 0 Å². The summed E-state index contributed by atoms with van der Waals surface area (Å²) in [7, 11) is 0. The zero-order valence-corrected chi connectivity index (χ0v) is 20.5. The maximum absolute atomic E-state index is 10.4. The van der Waals surface area contributed by atoms with Crippen molar-refractivity contribution in [2.75, 3.05) is 26.4 Å². The number of Topliss-reactive ketones (excluding diaryl/α,β-unsaturated/α-hetero) is 2. The summed E-state index contributed by atoms with van der Waals surface area (Å²) >= 11 is 0. The molecule has 0 N–H and O–H groups in total. The third-order valence-corrected chi connectivity index (χ3v) is 1.88. The van der Waals surface area contributed by atoms with Crippen LogP contribution in [-0.2, 0) is 50.4 Å². The number of hydrogen-bond acceptors (Lipinski definition) is 8. The zero-order valence-electron chi connectivity index (χ0n) is 18.9. The van der Waals surface area contributed by atoms with Crippen molar-refractivity contribution in [2.45, 2.75) is 55.4 Å². The van der Waals surface area contributed by atoms with Crippen LogP contribution in [0.4, 0.5) is 0 Å². The minimum Gasteiger partial charge on any atom is -0.854 e. The van der Waals surface area contributed by atoms with Gasteiger partial charge in [-0.2, -0.15) is 0 Å². The monoisotopic (exact) mass is 452 g/mol. The Bertz CT molecular complexity index is 371. The number of esters is 2. The molecule has 0 rings (SSSR count). The van der Waals surface area contributed by atoms with Gasteiger partial charge in [0.1, 0.15) is 0 Å². The Labute approximate surface area is 190 Å². The van der Waals surface area contributed by atoms with Crippen LogP contribution >= 0.6 is 0 Å². The molecule has 0 aromatic heterocycles. The fourth-order valence-electron chi connectivity index (χ4n) is 0.700. The summed E-state index contributed by atoms with van der Waals surface area (Å²) in [6, 6.07) is 0. The van der Waals surface area contributed by atoms with Crippen molar-refractivity contribution < 1.29 is 60.6 Å². The van der Waals surface area contributed by atoms with Gasteiger partial charge < -0.3 is 29.3 Å². The first-order valence-corrected chi connectivity index (χ1v) is 9.07. The standard InChI is InChI=1S/2C6H9O3.2C4H9O.Ti/c2*1-3-9-6(8)4-5(2)7;2*1-4(2)3-5;/h2*4H,3H2,1-2H3;2*4H,3H2,1-2H3;/q4*-1;+4.